The summed E-state index contributed by atoms with van der Waals surface area (Å²) in [6.45, 7) is 9.05. The molecule has 0 aromatic rings. The molecule has 0 aliphatic carbocycles. The monoisotopic (exact) mass is 229 g/mol. The van der Waals surface area contributed by atoms with Crippen molar-refractivity contribution in [3.05, 3.63) is 0 Å². The molecule has 0 aromatic carbocycles. The van der Waals surface area contributed by atoms with E-state index in [0.29, 0.717) is 12.6 Å². The van der Waals surface area contributed by atoms with Gasteiger partial charge in [0, 0.05) is 45.4 Å². The van der Waals surface area contributed by atoms with Gasteiger partial charge in [0.25, 0.3) is 0 Å². The van der Waals surface area contributed by atoms with Crippen LogP contribution in [0.2, 0.25) is 0 Å². The minimum Gasteiger partial charge on any atom is -0.396 e. The zero-order valence-electron chi connectivity index (χ0n) is 10.6. The maximum absolute atomic E-state index is 8.73. The first kappa shape index (κ1) is 13.9. The van der Waals surface area contributed by atoms with Crippen molar-refractivity contribution in [1.29, 1.82) is 0 Å². The van der Waals surface area contributed by atoms with Crippen LogP contribution in [0.5, 0.6) is 0 Å². The van der Waals surface area contributed by atoms with Crippen LogP contribution >= 0.6 is 0 Å². The van der Waals surface area contributed by atoms with Gasteiger partial charge in [0.05, 0.1) is 0 Å². The summed E-state index contributed by atoms with van der Waals surface area (Å²) in [7, 11) is 0. The predicted octanol–water partition coefficient (Wildman–Crippen LogP) is 0.114. The van der Waals surface area contributed by atoms with E-state index in [9.17, 15) is 0 Å². The molecule has 1 unspecified atom stereocenters. The molecule has 0 spiro atoms. The Morgan fingerprint density at radius 1 is 1.19 bits per heavy atom. The number of unbranched alkanes of at least 4 members (excludes halogenated alkanes) is 1. The van der Waals surface area contributed by atoms with E-state index in [1.54, 1.807) is 0 Å². The van der Waals surface area contributed by atoms with Crippen molar-refractivity contribution < 1.29 is 5.11 Å². The van der Waals surface area contributed by atoms with Crippen LogP contribution in [0.3, 0.4) is 0 Å². The third-order valence-corrected chi connectivity index (χ3v) is 3.55. The van der Waals surface area contributed by atoms with Crippen molar-refractivity contribution in [1.82, 2.24) is 9.80 Å². The number of nitrogens with two attached hydrogens (primary N) is 1. The van der Waals surface area contributed by atoms with E-state index >= 15 is 0 Å². The van der Waals surface area contributed by atoms with E-state index in [1.807, 2.05) is 0 Å². The highest BCUT2D eigenvalue weighted by atomic mass is 16.2. The summed E-state index contributed by atoms with van der Waals surface area (Å²) < 4.78 is 0. The number of piperazine rings is 1. The first-order chi connectivity index (χ1) is 7.81. The summed E-state index contributed by atoms with van der Waals surface area (Å²) in [5.74, 6) is 0. The Morgan fingerprint density at radius 3 is 2.38 bits per heavy atom. The van der Waals surface area contributed by atoms with Crippen LogP contribution in [-0.2, 0) is 0 Å². The summed E-state index contributed by atoms with van der Waals surface area (Å²) in [6.07, 6.45) is 3.20. The summed E-state index contributed by atoms with van der Waals surface area (Å²) in [5.41, 5.74) is 5.76. The van der Waals surface area contributed by atoms with Crippen LogP contribution in [-0.4, -0.2) is 66.8 Å². The first-order valence-electron chi connectivity index (χ1n) is 6.59. The topological polar surface area (TPSA) is 52.7 Å². The van der Waals surface area contributed by atoms with Gasteiger partial charge < -0.3 is 15.7 Å². The number of aliphatic hydroxyl groups is 1. The molecule has 4 heteroatoms. The van der Waals surface area contributed by atoms with Gasteiger partial charge in [-0.2, -0.15) is 0 Å². The fourth-order valence-corrected chi connectivity index (χ4v) is 2.37. The number of hydrogen-bond acceptors (Lipinski definition) is 4. The van der Waals surface area contributed by atoms with Crippen molar-refractivity contribution >= 4 is 0 Å². The van der Waals surface area contributed by atoms with E-state index < -0.39 is 0 Å². The lowest BCUT2D eigenvalue weighted by Gasteiger charge is -2.38. The average molecular weight is 229 g/mol. The van der Waals surface area contributed by atoms with Crippen molar-refractivity contribution in [2.24, 2.45) is 5.73 Å². The molecule has 1 heterocycles. The first-order valence-corrected chi connectivity index (χ1v) is 6.59. The SMILES string of the molecule is CCC(CN)N1CCN(CCCCO)CC1. The van der Waals surface area contributed by atoms with Crippen molar-refractivity contribution in [2.45, 2.75) is 32.2 Å². The molecular weight excluding hydrogens is 202 g/mol. The molecule has 1 saturated heterocycles. The maximum atomic E-state index is 8.73. The van der Waals surface area contributed by atoms with Crippen molar-refractivity contribution in [2.75, 3.05) is 45.9 Å². The van der Waals surface area contributed by atoms with Crippen LogP contribution < -0.4 is 5.73 Å². The van der Waals surface area contributed by atoms with Crippen LogP contribution in [0.1, 0.15) is 26.2 Å². The van der Waals surface area contributed by atoms with E-state index in [4.69, 9.17) is 10.8 Å². The second-order valence-corrected chi connectivity index (χ2v) is 4.61. The van der Waals surface area contributed by atoms with Gasteiger partial charge in [0.15, 0.2) is 0 Å². The van der Waals surface area contributed by atoms with E-state index in [0.717, 1.165) is 58.5 Å². The third kappa shape index (κ3) is 4.37. The molecule has 1 atom stereocenters. The number of rotatable bonds is 7. The van der Waals surface area contributed by atoms with Gasteiger partial charge in [0.1, 0.15) is 0 Å². The molecule has 16 heavy (non-hydrogen) atoms. The Bertz CT molecular complexity index is 166. The van der Waals surface area contributed by atoms with Crippen LogP contribution in [0, 0.1) is 0 Å². The Labute approximate surface area is 99.4 Å². The third-order valence-electron chi connectivity index (χ3n) is 3.55. The molecule has 0 amide bonds. The summed E-state index contributed by atoms with van der Waals surface area (Å²) in [5, 5.41) is 8.73. The van der Waals surface area contributed by atoms with E-state index in [2.05, 4.69) is 16.7 Å². The lowest BCUT2D eigenvalue weighted by atomic mass is 10.1. The number of aliphatic hydroxyl groups excluding tert-OH is 1. The normalized spacial score (nSPS) is 21.2. The van der Waals surface area contributed by atoms with Gasteiger partial charge in [-0.1, -0.05) is 6.92 Å². The van der Waals surface area contributed by atoms with E-state index in [-0.39, 0.29) is 0 Å². The van der Waals surface area contributed by atoms with Crippen LogP contribution in [0.15, 0.2) is 0 Å². The Kier molecular flexibility index (Phi) is 6.96. The molecule has 1 aliphatic rings. The fraction of sp³-hybridized carbons (Fsp3) is 1.00. The van der Waals surface area contributed by atoms with Gasteiger partial charge in [-0.25, -0.2) is 0 Å². The molecule has 96 valence electrons. The minimum atomic E-state index is 0.324. The summed E-state index contributed by atoms with van der Waals surface area (Å²) >= 11 is 0. The van der Waals surface area contributed by atoms with Crippen LogP contribution in [0.25, 0.3) is 0 Å². The molecule has 1 aliphatic heterocycles. The molecule has 1 fully saturated rings. The van der Waals surface area contributed by atoms with Gasteiger partial charge in [-0.3, -0.25) is 4.90 Å². The van der Waals surface area contributed by atoms with E-state index in [1.165, 1.54) is 0 Å². The second kappa shape index (κ2) is 8.01. The van der Waals surface area contributed by atoms with Crippen molar-refractivity contribution in [3.63, 3.8) is 0 Å². The number of hydrogen-bond donors (Lipinski definition) is 2. The largest absolute Gasteiger partial charge is 0.396 e. The molecule has 0 radical (unpaired) electrons. The minimum absolute atomic E-state index is 0.324. The molecule has 3 N–H and O–H groups in total. The fourth-order valence-electron chi connectivity index (χ4n) is 2.37. The lowest BCUT2D eigenvalue weighted by Crippen LogP contribution is -2.52. The molecule has 0 aromatic heterocycles. The highest BCUT2D eigenvalue weighted by molar-refractivity contribution is 4.78. The van der Waals surface area contributed by atoms with Gasteiger partial charge >= 0.3 is 0 Å². The number of nitrogens with zero attached hydrogens (tertiary/aromatic N) is 2. The molecule has 0 saturated carbocycles. The van der Waals surface area contributed by atoms with Crippen molar-refractivity contribution in [3.8, 4) is 0 Å². The Balaban J connectivity index is 2.17. The maximum Gasteiger partial charge on any atom is 0.0431 e. The zero-order valence-corrected chi connectivity index (χ0v) is 10.6. The molecule has 0 bridgehead atoms. The predicted molar refractivity (Wildman–Crippen MR) is 67.5 cm³/mol. The van der Waals surface area contributed by atoms with Gasteiger partial charge in [-0.15, -0.1) is 0 Å². The quantitative estimate of drug-likeness (QED) is 0.609. The zero-order chi connectivity index (χ0) is 11.8. The highest BCUT2D eigenvalue weighted by Crippen LogP contribution is 2.09. The standard InChI is InChI=1S/C12H27N3O/c1-2-12(11-13)15-8-6-14(7-9-15)5-3-4-10-16/h12,16H,2-11,13H2,1H3. The summed E-state index contributed by atoms with van der Waals surface area (Å²) in [6, 6.07) is 0.569. The summed E-state index contributed by atoms with van der Waals surface area (Å²) in [4.78, 5) is 5.01. The lowest BCUT2D eigenvalue weighted by molar-refractivity contribution is 0.0946. The smallest absolute Gasteiger partial charge is 0.0431 e. The molecule has 4 nitrogen and oxygen atoms in total. The second-order valence-electron chi connectivity index (χ2n) is 4.61. The Hall–Kier alpha value is -0.160. The Morgan fingerprint density at radius 2 is 1.88 bits per heavy atom. The van der Waals surface area contributed by atoms with Gasteiger partial charge in [-0.05, 0) is 25.8 Å². The van der Waals surface area contributed by atoms with Crippen LogP contribution in [0.4, 0.5) is 0 Å². The molecular formula is C12H27N3O. The highest BCUT2D eigenvalue weighted by Gasteiger charge is 2.21. The van der Waals surface area contributed by atoms with Gasteiger partial charge in [0.2, 0.25) is 0 Å². The average Bonchev–Trinajstić information content (AvgIpc) is 2.33. The molecule has 1 rings (SSSR count).